The fourth-order valence-electron chi connectivity index (χ4n) is 2.53. The van der Waals surface area contributed by atoms with Gasteiger partial charge in [0.2, 0.25) is 0 Å². The molecule has 0 unspecified atom stereocenters. The number of benzene rings is 1. The molecule has 1 aromatic carbocycles. The van der Waals surface area contributed by atoms with Crippen molar-refractivity contribution in [1.29, 1.82) is 0 Å². The lowest BCUT2D eigenvalue weighted by Gasteiger charge is -2.33. The van der Waals surface area contributed by atoms with E-state index in [4.69, 9.17) is 4.74 Å². The first kappa shape index (κ1) is 16.1. The number of hydrogen-bond acceptors (Lipinski definition) is 3. The minimum atomic E-state index is -0.101. The monoisotopic (exact) mass is 305 g/mol. The van der Waals surface area contributed by atoms with Gasteiger partial charge in [-0.3, -0.25) is 4.79 Å². The van der Waals surface area contributed by atoms with E-state index in [-0.39, 0.29) is 18.0 Å². The van der Waals surface area contributed by atoms with Gasteiger partial charge in [0, 0.05) is 38.8 Å². The van der Waals surface area contributed by atoms with Crippen molar-refractivity contribution in [3.63, 3.8) is 0 Å². The molecule has 6 heteroatoms. The number of likely N-dealkylation sites (tertiary alicyclic amines) is 1. The summed E-state index contributed by atoms with van der Waals surface area (Å²) in [5.74, 6) is 0.565. The van der Waals surface area contributed by atoms with E-state index in [1.54, 1.807) is 44.3 Å². The number of carbonyl (C=O) groups is 2. The van der Waals surface area contributed by atoms with Crippen LogP contribution in [-0.4, -0.2) is 62.1 Å². The summed E-state index contributed by atoms with van der Waals surface area (Å²) in [6.07, 6.45) is 1.55. The average Bonchev–Trinajstić information content (AvgIpc) is 2.54. The molecule has 1 N–H and O–H groups in total. The predicted octanol–water partition coefficient (Wildman–Crippen LogP) is 1.57. The standard InChI is InChI=1S/C16H23N3O3/c1-18(2)16(21)19-9-7-13(8-10-19)17-15(20)12-5-4-6-14(11-12)22-3/h4-6,11,13H,7-10H2,1-3H3,(H,17,20). The van der Waals surface area contributed by atoms with Gasteiger partial charge in [0.1, 0.15) is 5.75 Å². The van der Waals surface area contributed by atoms with Crippen LogP contribution in [0.4, 0.5) is 4.79 Å². The molecular formula is C16H23N3O3. The minimum absolute atomic E-state index is 0.0255. The number of carbonyl (C=O) groups excluding carboxylic acids is 2. The number of piperidine rings is 1. The summed E-state index contributed by atoms with van der Waals surface area (Å²) in [4.78, 5) is 27.5. The molecule has 6 nitrogen and oxygen atoms in total. The van der Waals surface area contributed by atoms with Gasteiger partial charge in [0.05, 0.1) is 7.11 Å². The Morgan fingerprint density at radius 1 is 1.27 bits per heavy atom. The van der Waals surface area contributed by atoms with Crippen molar-refractivity contribution in [1.82, 2.24) is 15.1 Å². The molecule has 0 aromatic heterocycles. The predicted molar refractivity (Wildman–Crippen MR) is 84.1 cm³/mol. The molecule has 0 atom stereocenters. The van der Waals surface area contributed by atoms with Gasteiger partial charge in [-0.25, -0.2) is 4.79 Å². The maximum absolute atomic E-state index is 12.2. The second-order valence-electron chi connectivity index (χ2n) is 5.64. The van der Waals surface area contributed by atoms with Gasteiger partial charge in [-0.2, -0.15) is 0 Å². The second kappa shape index (κ2) is 7.15. The lowest BCUT2D eigenvalue weighted by molar-refractivity contribution is 0.0913. The molecule has 0 spiro atoms. The summed E-state index contributed by atoms with van der Waals surface area (Å²) in [5, 5.41) is 3.03. The highest BCUT2D eigenvalue weighted by Crippen LogP contribution is 2.15. The fraction of sp³-hybridized carbons (Fsp3) is 0.500. The number of amides is 3. The maximum atomic E-state index is 12.2. The molecule has 1 heterocycles. The number of hydrogen-bond donors (Lipinski definition) is 1. The van der Waals surface area contributed by atoms with Crippen LogP contribution in [0.5, 0.6) is 5.75 Å². The molecule has 0 bridgehead atoms. The Morgan fingerprint density at radius 3 is 2.55 bits per heavy atom. The van der Waals surface area contributed by atoms with Crippen LogP contribution < -0.4 is 10.1 Å². The van der Waals surface area contributed by atoms with Gasteiger partial charge in [-0.15, -0.1) is 0 Å². The average molecular weight is 305 g/mol. The molecule has 0 saturated carbocycles. The fourth-order valence-corrected chi connectivity index (χ4v) is 2.53. The summed E-state index contributed by atoms with van der Waals surface area (Å²) in [5.41, 5.74) is 0.589. The topological polar surface area (TPSA) is 61.9 Å². The number of nitrogens with zero attached hydrogens (tertiary/aromatic N) is 2. The molecule has 1 aliphatic rings. The molecular weight excluding hydrogens is 282 g/mol. The lowest BCUT2D eigenvalue weighted by atomic mass is 10.0. The van der Waals surface area contributed by atoms with Crippen LogP contribution in [0.25, 0.3) is 0 Å². The van der Waals surface area contributed by atoms with Crippen LogP contribution in [-0.2, 0) is 0 Å². The van der Waals surface area contributed by atoms with Crippen molar-refractivity contribution in [2.75, 3.05) is 34.3 Å². The number of nitrogens with one attached hydrogen (secondary N) is 1. The molecule has 1 aliphatic heterocycles. The highest BCUT2D eigenvalue weighted by Gasteiger charge is 2.24. The first-order valence-corrected chi connectivity index (χ1v) is 7.42. The first-order valence-electron chi connectivity index (χ1n) is 7.42. The highest BCUT2D eigenvalue weighted by molar-refractivity contribution is 5.94. The molecule has 1 aromatic rings. The van der Waals surface area contributed by atoms with E-state index in [2.05, 4.69) is 5.32 Å². The van der Waals surface area contributed by atoms with E-state index in [0.29, 0.717) is 24.4 Å². The molecule has 3 amide bonds. The van der Waals surface area contributed by atoms with Crippen molar-refractivity contribution in [2.45, 2.75) is 18.9 Å². The molecule has 0 aliphatic carbocycles. The van der Waals surface area contributed by atoms with Gasteiger partial charge < -0.3 is 19.9 Å². The normalized spacial score (nSPS) is 15.3. The van der Waals surface area contributed by atoms with Gasteiger partial charge in [0.15, 0.2) is 0 Å². The van der Waals surface area contributed by atoms with Crippen molar-refractivity contribution < 1.29 is 14.3 Å². The summed E-state index contributed by atoms with van der Waals surface area (Å²) < 4.78 is 5.13. The van der Waals surface area contributed by atoms with Crippen LogP contribution >= 0.6 is 0 Å². The van der Waals surface area contributed by atoms with E-state index in [9.17, 15) is 9.59 Å². The Bertz CT molecular complexity index is 537. The summed E-state index contributed by atoms with van der Waals surface area (Å²) in [7, 11) is 5.08. The largest absolute Gasteiger partial charge is 0.497 e. The summed E-state index contributed by atoms with van der Waals surface area (Å²) >= 11 is 0. The Balaban J connectivity index is 1.87. The quantitative estimate of drug-likeness (QED) is 0.922. The third-order valence-corrected chi connectivity index (χ3v) is 3.82. The molecule has 22 heavy (non-hydrogen) atoms. The third-order valence-electron chi connectivity index (χ3n) is 3.82. The van der Waals surface area contributed by atoms with Crippen molar-refractivity contribution in [3.05, 3.63) is 29.8 Å². The van der Waals surface area contributed by atoms with E-state index >= 15 is 0 Å². The molecule has 1 saturated heterocycles. The molecule has 0 radical (unpaired) electrons. The zero-order chi connectivity index (χ0) is 16.1. The summed E-state index contributed by atoms with van der Waals surface area (Å²) in [6.45, 7) is 1.33. The molecule has 2 rings (SSSR count). The van der Waals surface area contributed by atoms with E-state index in [1.807, 2.05) is 11.0 Å². The van der Waals surface area contributed by atoms with Gasteiger partial charge in [-0.1, -0.05) is 6.07 Å². The zero-order valence-electron chi connectivity index (χ0n) is 13.3. The van der Waals surface area contributed by atoms with Crippen molar-refractivity contribution in [2.24, 2.45) is 0 Å². The van der Waals surface area contributed by atoms with Crippen LogP contribution in [0.1, 0.15) is 23.2 Å². The Labute approximate surface area is 131 Å². The number of urea groups is 1. The van der Waals surface area contributed by atoms with Crippen LogP contribution in [0, 0.1) is 0 Å². The minimum Gasteiger partial charge on any atom is -0.497 e. The van der Waals surface area contributed by atoms with E-state index < -0.39 is 0 Å². The highest BCUT2D eigenvalue weighted by atomic mass is 16.5. The van der Waals surface area contributed by atoms with Crippen LogP contribution in [0.15, 0.2) is 24.3 Å². The second-order valence-corrected chi connectivity index (χ2v) is 5.64. The third kappa shape index (κ3) is 3.90. The number of rotatable bonds is 3. The number of ether oxygens (including phenoxy) is 1. The zero-order valence-corrected chi connectivity index (χ0v) is 13.3. The van der Waals surface area contributed by atoms with Gasteiger partial charge >= 0.3 is 6.03 Å². The Hall–Kier alpha value is -2.24. The van der Waals surface area contributed by atoms with E-state index in [1.165, 1.54) is 0 Å². The van der Waals surface area contributed by atoms with Crippen molar-refractivity contribution >= 4 is 11.9 Å². The number of methoxy groups -OCH3 is 1. The van der Waals surface area contributed by atoms with Crippen molar-refractivity contribution in [3.8, 4) is 5.75 Å². The maximum Gasteiger partial charge on any atom is 0.319 e. The van der Waals surface area contributed by atoms with Gasteiger partial charge in [-0.05, 0) is 31.0 Å². The van der Waals surface area contributed by atoms with Crippen LogP contribution in [0.3, 0.4) is 0 Å². The lowest BCUT2D eigenvalue weighted by Crippen LogP contribution is -2.49. The first-order chi connectivity index (χ1) is 10.5. The van der Waals surface area contributed by atoms with Gasteiger partial charge in [0.25, 0.3) is 5.91 Å². The smallest absolute Gasteiger partial charge is 0.319 e. The molecule has 120 valence electrons. The van der Waals surface area contributed by atoms with Crippen LogP contribution in [0.2, 0.25) is 0 Å². The molecule has 1 fully saturated rings. The summed E-state index contributed by atoms with van der Waals surface area (Å²) in [6, 6.07) is 7.22. The van der Waals surface area contributed by atoms with E-state index in [0.717, 1.165) is 12.8 Å². The Kier molecular flexibility index (Phi) is 5.25. The Morgan fingerprint density at radius 2 is 1.95 bits per heavy atom. The SMILES string of the molecule is COc1cccc(C(=O)NC2CCN(C(=O)N(C)C)CC2)c1.